The third kappa shape index (κ3) is 5.15. The minimum Gasteiger partial charge on any atom is -0.493 e. The first-order valence-corrected chi connectivity index (χ1v) is 10.9. The van der Waals surface area contributed by atoms with Crippen molar-refractivity contribution in [2.45, 2.75) is 6.54 Å². The van der Waals surface area contributed by atoms with Gasteiger partial charge in [-0.25, -0.2) is 4.98 Å². The van der Waals surface area contributed by atoms with E-state index in [2.05, 4.69) is 19.8 Å². The Kier molecular flexibility index (Phi) is 7.14. The molecule has 8 nitrogen and oxygen atoms in total. The van der Waals surface area contributed by atoms with Crippen molar-refractivity contribution in [3.8, 4) is 17.2 Å². The van der Waals surface area contributed by atoms with Crippen molar-refractivity contribution in [3.63, 3.8) is 0 Å². The Hall–Kier alpha value is -2.81. The zero-order chi connectivity index (χ0) is 22.5. The number of nitrogens with zero attached hydrogens (tertiary/aromatic N) is 3. The summed E-state index contributed by atoms with van der Waals surface area (Å²) < 4.78 is 16.4. The van der Waals surface area contributed by atoms with Crippen LogP contribution >= 0.6 is 11.6 Å². The molecule has 3 aromatic rings. The highest BCUT2D eigenvalue weighted by atomic mass is 35.5. The van der Waals surface area contributed by atoms with Crippen LogP contribution < -0.4 is 19.8 Å². The number of para-hydroxylation sites is 1. The van der Waals surface area contributed by atoms with Crippen LogP contribution in [0.2, 0.25) is 5.02 Å². The Morgan fingerprint density at radius 1 is 1.00 bits per heavy atom. The molecule has 0 saturated carbocycles. The molecule has 1 aromatic heterocycles. The average molecular weight is 459 g/mol. The molecule has 9 heteroatoms. The lowest BCUT2D eigenvalue weighted by Gasteiger charge is -2.34. The van der Waals surface area contributed by atoms with Crippen molar-refractivity contribution in [3.05, 3.63) is 57.6 Å². The number of ether oxygens (including phenoxy) is 3. The fourth-order valence-electron chi connectivity index (χ4n) is 3.82. The van der Waals surface area contributed by atoms with Crippen LogP contribution in [-0.4, -0.2) is 73.3 Å². The lowest BCUT2D eigenvalue weighted by molar-refractivity contribution is 0.111. The predicted molar refractivity (Wildman–Crippen MR) is 124 cm³/mol. The molecule has 2 heterocycles. The number of aromatic amines is 1. The molecule has 1 fully saturated rings. The summed E-state index contributed by atoms with van der Waals surface area (Å²) in [6.07, 6.45) is 0. The summed E-state index contributed by atoms with van der Waals surface area (Å²) in [7, 11) is 3.11. The Balaban J connectivity index is 1.32. The van der Waals surface area contributed by atoms with E-state index in [-0.39, 0.29) is 5.56 Å². The molecule has 1 N–H and O–H groups in total. The summed E-state index contributed by atoms with van der Waals surface area (Å²) in [5.41, 5.74) is 0.415. The summed E-state index contributed by atoms with van der Waals surface area (Å²) in [6.45, 7) is 5.65. The Morgan fingerprint density at radius 2 is 1.69 bits per heavy atom. The van der Waals surface area contributed by atoms with Crippen LogP contribution in [0.3, 0.4) is 0 Å². The van der Waals surface area contributed by atoms with Gasteiger partial charge in [-0.3, -0.25) is 14.6 Å². The van der Waals surface area contributed by atoms with Crippen molar-refractivity contribution < 1.29 is 14.2 Å². The summed E-state index contributed by atoms with van der Waals surface area (Å²) in [5.74, 6) is 2.42. The summed E-state index contributed by atoms with van der Waals surface area (Å²) in [6, 6.07) is 10.9. The number of aromatic nitrogens is 2. The van der Waals surface area contributed by atoms with Crippen molar-refractivity contribution in [1.29, 1.82) is 0 Å². The van der Waals surface area contributed by atoms with Crippen LogP contribution in [0.15, 0.2) is 41.2 Å². The summed E-state index contributed by atoms with van der Waals surface area (Å²) in [4.78, 5) is 24.8. The second-order valence-electron chi connectivity index (χ2n) is 7.63. The van der Waals surface area contributed by atoms with E-state index in [0.717, 1.165) is 32.7 Å². The first-order valence-electron chi connectivity index (χ1n) is 10.5. The maximum atomic E-state index is 12.6. The van der Waals surface area contributed by atoms with Crippen molar-refractivity contribution in [2.75, 3.05) is 53.6 Å². The molecule has 4 rings (SSSR count). The van der Waals surface area contributed by atoms with Crippen molar-refractivity contribution >= 4 is 22.5 Å². The number of methoxy groups -OCH3 is 2. The molecule has 32 heavy (non-hydrogen) atoms. The molecule has 0 amide bonds. The maximum Gasteiger partial charge on any atom is 0.258 e. The van der Waals surface area contributed by atoms with Crippen molar-refractivity contribution in [1.82, 2.24) is 19.8 Å². The van der Waals surface area contributed by atoms with Gasteiger partial charge in [-0.1, -0.05) is 23.7 Å². The monoisotopic (exact) mass is 458 g/mol. The van der Waals surface area contributed by atoms with Gasteiger partial charge in [0, 0.05) is 38.8 Å². The van der Waals surface area contributed by atoms with E-state index in [1.54, 1.807) is 26.4 Å². The topological polar surface area (TPSA) is 79.9 Å². The number of piperazine rings is 1. The van der Waals surface area contributed by atoms with E-state index in [9.17, 15) is 4.79 Å². The molecule has 0 radical (unpaired) electrons. The van der Waals surface area contributed by atoms with Gasteiger partial charge in [0.15, 0.2) is 11.5 Å². The summed E-state index contributed by atoms with van der Waals surface area (Å²) >= 11 is 6.13. The largest absolute Gasteiger partial charge is 0.493 e. The number of hydrogen-bond acceptors (Lipinski definition) is 7. The van der Waals surface area contributed by atoms with Gasteiger partial charge in [-0.15, -0.1) is 0 Å². The first kappa shape index (κ1) is 22.4. The third-order valence-corrected chi connectivity index (χ3v) is 5.91. The van der Waals surface area contributed by atoms with Crippen LogP contribution in [0.25, 0.3) is 10.9 Å². The van der Waals surface area contributed by atoms with Gasteiger partial charge in [0.25, 0.3) is 5.56 Å². The van der Waals surface area contributed by atoms with Gasteiger partial charge < -0.3 is 19.2 Å². The van der Waals surface area contributed by atoms with E-state index in [0.29, 0.717) is 52.2 Å². The second kappa shape index (κ2) is 10.2. The highest BCUT2D eigenvalue weighted by molar-refractivity contribution is 6.32. The number of H-pyrrole nitrogens is 1. The normalized spacial score (nSPS) is 15.1. The Bertz CT molecular complexity index is 1130. The minimum atomic E-state index is -0.179. The molecule has 2 aromatic carbocycles. The van der Waals surface area contributed by atoms with Crippen molar-refractivity contribution in [2.24, 2.45) is 0 Å². The molecule has 0 unspecified atom stereocenters. The lowest BCUT2D eigenvalue weighted by Crippen LogP contribution is -2.47. The van der Waals surface area contributed by atoms with E-state index in [1.807, 2.05) is 24.3 Å². The van der Waals surface area contributed by atoms with Gasteiger partial charge in [-0.05, 0) is 18.2 Å². The SMILES string of the molecule is COc1cc2nc(CN3CCN(CCOc4ccccc4Cl)CC3)[nH]c(=O)c2cc1OC. The van der Waals surface area contributed by atoms with E-state index in [4.69, 9.17) is 25.8 Å². The van der Waals surface area contributed by atoms with Gasteiger partial charge in [0.05, 0.1) is 36.7 Å². The molecule has 1 aliphatic heterocycles. The van der Waals surface area contributed by atoms with E-state index in [1.165, 1.54) is 0 Å². The van der Waals surface area contributed by atoms with Gasteiger partial charge in [0.2, 0.25) is 0 Å². The molecule has 0 atom stereocenters. The van der Waals surface area contributed by atoms with E-state index >= 15 is 0 Å². The fourth-order valence-corrected chi connectivity index (χ4v) is 4.01. The van der Waals surface area contributed by atoms with Gasteiger partial charge >= 0.3 is 0 Å². The van der Waals surface area contributed by atoms with Crippen LogP contribution in [0.1, 0.15) is 5.82 Å². The van der Waals surface area contributed by atoms with Gasteiger partial charge in [-0.2, -0.15) is 0 Å². The quantitative estimate of drug-likeness (QED) is 0.556. The fraction of sp³-hybridized carbons (Fsp3) is 0.391. The molecule has 0 aliphatic carbocycles. The highest BCUT2D eigenvalue weighted by Gasteiger charge is 2.19. The van der Waals surface area contributed by atoms with Crippen LogP contribution in [0, 0.1) is 0 Å². The van der Waals surface area contributed by atoms with Gasteiger partial charge in [0.1, 0.15) is 18.2 Å². The number of nitrogens with one attached hydrogen (secondary N) is 1. The third-order valence-electron chi connectivity index (χ3n) is 5.60. The number of fused-ring (bicyclic) bond motifs is 1. The minimum absolute atomic E-state index is 0.179. The number of halogens is 1. The Labute approximate surface area is 191 Å². The highest BCUT2D eigenvalue weighted by Crippen LogP contribution is 2.30. The Morgan fingerprint density at radius 3 is 2.41 bits per heavy atom. The van der Waals surface area contributed by atoms with Crippen LogP contribution in [0.5, 0.6) is 17.2 Å². The number of rotatable bonds is 8. The molecule has 1 aliphatic rings. The number of hydrogen-bond donors (Lipinski definition) is 1. The molecule has 170 valence electrons. The molecule has 0 bridgehead atoms. The number of benzene rings is 2. The van der Waals surface area contributed by atoms with Crippen LogP contribution in [0.4, 0.5) is 0 Å². The van der Waals surface area contributed by atoms with Crippen LogP contribution in [-0.2, 0) is 6.54 Å². The average Bonchev–Trinajstić information content (AvgIpc) is 2.80. The lowest BCUT2D eigenvalue weighted by atomic mass is 10.2. The maximum absolute atomic E-state index is 12.6. The second-order valence-corrected chi connectivity index (χ2v) is 8.04. The predicted octanol–water partition coefficient (Wildman–Crippen LogP) is 2.79. The molecular formula is C23H27ClN4O4. The first-order chi connectivity index (χ1) is 15.6. The smallest absolute Gasteiger partial charge is 0.258 e. The van der Waals surface area contributed by atoms with E-state index < -0.39 is 0 Å². The molecule has 1 saturated heterocycles. The standard InChI is InChI=1S/C23H27ClN4O4/c1-30-20-13-16-18(14-21(20)31-2)25-22(26-23(16)29)15-28-9-7-27(8-10-28)11-12-32-19-6-4-3-5-17(19)24/h3-6,13-14H,7-12,15H2,1-2H3,(H,25,26,29). The molecule has 0 spiro atoms. The zero-order valence-corrected chi connectivity index (χ0v) is 19.0. The molecular weight excluding hydrogens is 432 g/mol. The zero-order valence-electron chi connectivity index (χ0n) is 18.3. The summed E-state index contributed by atoms with van der Waals surface area (Å²) in [5, 5.41) is 1.11.